The number of carbonyl (C=O) groups excluding carboxylic acids is 1. The third kappa shape index (κ3) is 5.42. The average molecular weight is 468 g/mol. The molecular formula is C19H20BrClN4OS. The minimum Gasteiger partial charge on any atom is -0.368 e. The number of hydrogen-bond donors (Lipinski definition) is 2. The van der Waals surface area contributed by atoms with Crippen molar-refractivity contribution in [2.24, 2.45) is 0 Å². The maximum absolute atomic E-state index is 12.2. The van der Waals surface area contributed by atoms with Crippen LogP contribution in [0.2, 0.25) is 5.02 Å². The molecule has 0 radical (unpaired) electrons. The SMILES string of the molecule is CN1CCN(c2ccc(NC(=S)NC(=O)c3ccc(Br)cc3)cc2Cl)CC1. The fourth-order valence-corrected chi connectivity index (χ4v) is 3.60. The van der Waals surface area contributed by atoms with Gasteiger partial charge < -0.3 is 15.1 Å². The number of amides is 1. The lowest BCUT2D eigenvalue weighted by molar-refractivity contribution is 0.0977. The van der Waals surface area contributed by atoms with Crippen molar-refractivity contribution in [2.45, 2.75) is 0 Å². The van der Waals surface area contributed by atoms with Gasteiger partial charge >= 0.3 is 0 Å². The Kier molecular flexibility index (Phi) is 6.70. The van der Waals surface area contributed by atoms with Crippen LogP contribution < -0.4 is 15.5 Å². The predicted octanol–water partition coefficient (Wildman–Crippen LogP) is 3.98. The number of hydrogen-bond acceptors (Lipinski definition) is 4. The van der Waals surface area contributed by atoms with E-state index < -0.39 is 0 Å². The number of nitrogens with one attached hydrogen (secondary N) is 2. The van der Waals surface area contributed by atoms with E-state index in [9.17, 15) is 4.79 Å². The zero-order valence-corrected chi connectivity index (χ0v) is 18.0. The molecule has 2 aromatic rings. The van der Waals surface area contributed by atoms with E-state index >= 15 is 0 Å². The van der Waals surface area contributed by atoms with Gasteiger partial charge in [0.1, 0.15) is 0 Å². The maximum Gasteiger partial charge on any atom is 0.257 e. The number of halogens is 2. The van der Waals surface area contributed by atoms with Gasteiger partial charge in [-0.25, -0.2) is 0 Å². The van der Waals surface area contributed by atoms with Crippen LogP contribution in [-0.2, 0) is 0 Å². The Bertz CT molecular complexity index is 838. The van der Waals surface area contributed by atoms with E-state index in [0.717, 1.165) is 42.0 Å². The molecule has 142 valence electrons. The van der Waals surface area contributed by atoms with Gasteiger partial charge in [-0.2, -0.15) is 0 Å². The van der Waals surface area contributed by atoms with Crippen LogP contribution in [0.1, 0.15) is 10.4 Å². The summed E-state index contributed by atoms with van der Waals surface area (Å²) in [4.78, 5) is 16.8. The number of anilines is 2. The summed E-state index contributed by atoms with van der Waals surface area (Å²) in [6, 6.07) is 12.8. The Morgan fingerprint density at radius 1 is 1.11 bits per heavy atom. The molecule has 0 aliphatic carbocycles. The molecule has 2 aromatic carbocycles. The topological polar surface area (TPSA) is 47.6 Å². The summed E-state index contributed by atoms with van der Waals surface area (Å²) < 4.78 is 0.912. The quantitative estimate of drug-likeness (QED) is 0.669. The molecule has 0 spiro atoms. The van der Waals surface area contributed by atoms with Crippen molar-refractivity contribution >= 4 is 62.1 Å². The van der Waals surface area contributed by atoms with Gasteiger partial charge in [-0.1, -0.05) is 27.5 Å². The molecule has 0 aromatic heterocycles. The standard InChI is InChI=1S/C19H20BrClN4OS/c1-24-8-10-25(11-9-24)17-7-6-15(12-16(17)21)22-19(27)23-18(26)13-2-4-14(20)5-3-13/h2-7,12H,8-11H2,1H3,(H2,22,23,26,27). The normalized spacial score (nSPS) is 14.7. The Morgan fingerprint density at radius 2 is 1.78 bits per heavy atom. The van der Waals surface area contributed by atoms with Gasteiger partial charge in [-0.3, -0.25) is 10.1 Å². The second kappa shape index (κ2) is 9.01. The van der Waals surface area contributed by atoms with Crippen LogP contribution in [0.4, 0.5) is 11.4 Å². The second-order valence-electron chi connectivity index (χ2n) is 6.37. The zero-order valence-electron chi connectivity index (χ0n) is 14.8. The largest absolute Gasteiger partial charge is 0.368 e. The van der Waals surface area contributed by atoms with Crippen molar-refractivity contribution in [3.8, 4) is 0 Å². The first-order valence-corrected chi connectivity index (χ1v) is 10.1. The molecule has 1 aliphatic heterocycles. The molecule has 1 saturated heterocycles. The fourth-order valence-electron chi connectivity index (χ4n) is 2.83. The van der Waals surface area contributed by atoms with Crippen LogP contribution in [0.25, 0.3) is 0 Å². The summed E-state index contributed by atoms with van der Waals surface area (Å²) in [6.07, 6.45) is 0. The van der Waals surface area contributed by atoms with Crippen molar-refractivity contribution < 1.29 is 4.79 Å². The lowest BCUT2D eigenvalue weighted by atomic mass is 10.2. The first-order chi connectivity index (χ1) is 12.9. The minimum absolute atomic E-state index is 0.228. The van der Waals surface area contributed by atoms with Gasteiger partial charge in [-0.05, 0) is 61.7 Å². The molecule has 1 aliphatic rings. The van der Waals surface area contributed by atoms with Crippen molar-refractivity contribution in [2.75, 3.05) is 43.4 Å². The molecule has 27 heavy (non-hydrogen) atoms. The molecule has 1 amide bonds. The van der Waals surface area contributed by atoms with Gasteiger partial charge in [-0.15, -0.1) is 0 Å². The Labute approximate surface area is 177 Å². The third-order valence-corrected chi connectivity index (χ3v) is 5.42. The van der Waals surface area contributed by atoms with Crippen molar-refractivity contribution in [3.05, 3.63) is 57.5 Å². The summed E-state index contributed by atoms with van der Waals surface area (Å²) in [5, 5.41) is 6.57. The van der Waals surface area contributed by atoms with E-state index in [4.69, 9.17) is 23.8 Å². The maximum atomic E-state index is 12.2. The highest BCUT2D eigenvalue weighted by atomic mass is 79.9. The molecule has 0 atom stereocenters. The predicted molar refractivity (Wildman–Crippen MR) is 119 cm³/mol. The first-order valence-electron chi connectivity index (χ1n) is 8.53. The number of benzene rings is 2. The fraction of sp³-hybridized carbons (Fsp3) is 0.263. The highest BCUT2D eigenvalue weighted by Crippen LogP contribution is 2.29. The van der Waals surface area contributed by atoms with E-state index in [1.54, 1.807) is 12.1 Å². The van der Waals surface area contributed by atoms with Gasteiger partial charge in [0.2, 0.25) is 0 Å². The highest BCUT2D eigenvalue weighted by Gasteiger charge is 2.17. The molecule has 1 heterocycles. The Morgan fingerprint density at radius 3 is 2.41 bits per heavy atom. The van der Waals surface area contributed by atoms with Gasteiger partial charge in [0, 0.05) is 41.9 Å². The molecule has 5 nitrogen and oxygen atoms in total. The zero-order chi connectivity index (χ0) is 19.4. The minimum atomic E-state index is -0.264. The van der Waals surface area contributed by atoms with Crippen LogP contribution >= 0.6 is 39.7 Å². The van der Waals surface area contributed by atoms with Crippen LogP contribution in [0.15, 0.2) is 46.9 Å². The summed E-state index contributed by atoms with van der Waals surface area (Å²) in [5.74, 6) is -0.264. The summed E-state index contributed by atoms with van der Waals surface area (Å²) in [5.41, 5.74) is 2.28. The van der Waals surface area contributed by atoms with Crippen LogP contribution in [0.5, 0.6) is 0 Å². The van der Waals surface area contributed by atoms with Crippen molar-refractivity contribution in [3.63, 3.8) is 0 Å². The second-order valence-corrected chi connectivity index (χ2v) is 8.10. The molecule has 0 unspecified atom stereocenters. The smallest absolute Gasteiger partial charge is 0.257 e. The molecule has 2 N–H and O–H groups in total. The molecule has 8 heteroatoms. The third-order valence-electron chi connectivity index (χ3n) is 4.38. The van der Waals surface area contributed by atoms with Gasteiger partial charge in [0.25, 0.3) is 5.91 Å². The Hall–Kier alpha value is -1.67. The summed E-state index contributed by atoms with van der Waals surface area (Å²) >= 11 is 15.1. The highest BCUT2D eigenvalue weighted by molar-refractivity contribution is 9.10. The van der Waals surface area contributed by atoms with Crippen molar-refractivity contribution in [1.82, 2.24) is 10.2 Å². The molecule has 0 bridgehead atoms. The van der Waals surface area contributed by atoms with E-state index in [2.05, 4.69) is 43.4 Å². The lowest BCUT2D eigenvalue weighted by Crippen LogP contribution is -2.44. The first kappa shape index (κ1) is 20.1. The molecular weight excluding hydrogens is 448 g/mol. The summed E-state index contributed by atoms with van der Waals surface area (Å²) in [6.45, 7) is 3.93. The van der Waals surface area contributed by atoms with E-state index in [0.29, 0.717) is 10.6 Å². The van der Waals surface area contributed by atoms with Gasteiger partial charge in [0.05, 0.1) is 10.7 Å². The number of likely N-dealkylation sites (N-methyl/N-ethyl adjacent to an activating group) is 1. The van der Waals surface area contributed by atoms with E-state index in [1.807, 2.05) is 30.3 Å². The number of nitrogens with zero attached hydrogens (tertiary/aromatic N) is 2. The van der Waals surface area contributed by atoms with Crippen LogP contribution in [0, 0.1) is 0 Å². The lowest BCUT2D eigenvalue weighted by Gasteiger charge is -2.34. The monoisotopic (exact) mass is 466 g/mol. The van der Waals surface area contributed by atoms with Gasteiger partial charge in [0.15, 0.2) is 5.11 Å². The van der Waals surface area contributed by atoms with E-state index in [1.165, 1.54) is 0 Å². The Balaban J connectivity index is 1.60. The summed E-state index contributed by atoms with van der Waals surface area (Å²) in [7, 11) is 2.12. The van der Waals surface area contributed by atoms with Crippen LogP contribution in [0.3, 0.4) is 0 Å². The number of thiocarbonyl (C=S) groups is 1. The van der Waals surface area contributed by atoms with E-state index in [-0.39, 0.29) is 11.0 Å². The number of rotatable bonds is 3. The van der Waals surface area contributed by atoms with Crippen LogP contribution in [-0.4, -0.2) is 49.1 Å². The molecule has 0 saturated carbocycles. The number of carbonyl (C=O) groups is 1. The molecule has 3 rings (SSSR count). The van der Waals surface area contributed by atoms with Crippen molar-refractivity contribution in [1.29, 1.82) is 0 Å². The molecule has 1 fully saturated rings. The average Bonchev–Trinajstić information content (AvgIpc) is 2.63. The number of piperazine rings is 1.